The van der Waals surface area contributed by atoms with E-state index in [1.54, 1.807) is 27.7 Å². The van der Waals surface area contributed by atoms with Crippen LogP contribution in [0.4, 0.5) is 5.82 Å². The minimum atomic E-state index is -4.58. The first-order valence-corrected chi connectivity index (χ1v) is 11.5. The number of carbonyl (C=O) groups excluding carboxylic acids is 1. The number of hydrogen-bond acceptors (Lipinski definition) is 12. The van der Waals surface area contributed by atoms with Crippen molar-refractivity contribution in [1.82, 2.24) is 19.5 Å². The molecule has 0 radical (unpaired) electrons. The molecule has 32 heavy (non-hydrogen) atoms. The third-order valence-electron chi connectivity index (χ3n) is 4.41. The quantitative estimate of drug-likeness (QED) is 0.405. The number of phosphoric ester groups is 1. The highest BCUT2D eigenvalue weighted by Crippen LogP contribution is 2.42. The molecule has 2 aromatic heterocycles. The number of hydrogen-bond donors (Lipinski definition) is 1. The minimum Gasteiger partial charge on any atom is -0.756 e. The lowest BCUT2D eigenvalue weighted by Crippen LogP contribution is -2.40. The van der Waals surface area contributed by atoms with Gasteiger partial charge in [0.2, 0.25) is 0 Å². The van der Waals surface area contributed by atoms with Gasteiger partial charge in [-0.15, -0.1) is 0 Å². The molecule has 1 fully saturated rings. The lowest BCUT2D eigenvalue weighted by atomic mass is 10.1. The molecule has 0 spiro atoms. The van der Waals surface area contributed by atoms with Crippen LogP contribution in [-0.4, -0.2) is 62.6 Å². The van der Waals surface area contributed by atoms with Crippen LogP contribution in [0.2, 0.25) is 0 Å². The first-order chi connectivity index (χ1) is 15.0. The van der Waals surface area contributed by atoms with Crippen LogP contribution < -0.4 is 10.6 Å². The number of fused-ring (bicyclic) bond motifs is 1. The molecule has 14 heteroatoms. The maximum Gasteiger partial charge on any atom is 0.303 e. The summed E-state index contributed by atoms with van der Waals surface area (Å²) in [5.74, 6) is -0.400. The Kier molecular flexibility index (Phi) is 7.48. The number of rotatable bonds is 9. The van der Waals surface area contributed by atoms with Crippen LogP contribution in [0.3, 0.4) is 0 Å². The number of carbonyl (C=O) groups is 1. The molecule has 13 nitrogen and oxygen atoms in total. The molecule has 0 saturated carbocycles. The fourth-order valence-electron chi connectivity index (χ4n) is 3.37. The molecule has 0 aromatic carbocycles. The highest BCUT2D eigenvalue weighted by molar-refractivity contribution is 7.45. The number of nitrogens with two attached hydrogens (primary N) is 1. The summed E-state index contributed by atoms with van der Waals surface area (Å²) in [7, 11) is -4.58. The summed E-state index contributed by atoms with van der Waals surface area (Å²) in [4.78, 5) is 36.2. The van der Waals surface area contributed by atoms with E-state index >= 15 is 0 Å². The Morgan fingerprint density at radius 3 is 2.59 bits per heavy atom. The molecule has 2 unspecified atom stereocenters. The van der Waals surface area contributed by atoms with Gasteiger partial charge in [-0.25, -0.2) is 15.0 Å². The van der Waals surface area contributed by atoms with E-state index in [0.717, 1.165) is 0 Å². The third-order valence-corrected chi connectivity index (χ3v) is 5.56. The van der Waals surface area contributed by atoms with Gasteiger partial charge >= 0.3 is 5.97 Å². The topological polar surface area (TPSA) is 173 Å². The van der Waals surface area contributed by atoms with E-state index in [0.29, 0.717) is 11.2 Å². The maximum atomic E-state index is 12.1. The molecule has 2 aromatic rings. The van der Waals surface area contributed by atoms with E-state index in [9.17, 15) is 14.3 Å². The van der Waals surface area contributed by atoms with Crippen molar-refractivity contribution in [3.05, 3.63) is 12.7 Å². The van der Waals surface area contributed by atoms with Gasteiger partial charge < -0.3 is 33.9 Å². The molecule has 1 saturated heterocycles. The average molecular weight is 472 g/mol. The number of esters is 1. The molecule has 3 rings (SSSR count). The largest absolute Gasteiger partial charge is 0.756 e. The van der Waals surface area contributed by atoms with Crippen molar-refractivity contribution in [3.63, 3.8) is 0 Å². The Balaban J connectivity index is 1.94. The van der Waals surface area contributed by atoms with Crippen molar-refractivity contribution in [2.45, 2.75) is 71.4 Å². The number of aromatic nitrogens is 4. The van der Waals surface area contributed by atoms with Gasteiger partial charge in [0.05, 0.1) is 25.1 Å². The molecular formula is C18H27N5O8P-. The van der Waals surface area contributed by atoms with E-state index in [1.165, 1.54) is 24.1 Å². The third kappa shape index (κ3) is 5.61. The number of ether oxygens (including phenoxy) is 3. The second kappa shape index (κ2) is 9.77. The minimum absolute atomic E-state index is 0.170. The molecule has 3 heterocycles. The lowest BCUT2D eigenvalue weighted by Gasteiger charge is -2.28. The lowest BCUT2D eigenvalue weighted by molar-refractivity contribution is -0.231. The van der Waals surface area contributed by atoms with Crippen molar-refractivity contribution in [2.24, 2.45) is 0 Å². The zero-order valence-corrected chi connectivity index (χ0v) is 19.3. The summed E-state index contributed by atoms with van der Waals surface area (Å²) in [6.07, 6.45) is -1.83. The Hall–Kier alpha value is -2.15. The monoisotopic (exact) mass is 472 g/mol. The molecule has 2 N–H and O–H groups in total. The van der Waals surface area contributed by atoms with Gasteiger partial charge in [-0.2, -0.15) is 0 Å². The zero-order chi connectivity index (χ0) is 23.6. The first-order valence-electron chi connectivity index (χ1n) is 10.0. The predicted octanol–water partition coefficient (Wildman–Crippen LogP) is 0.941. The smallest absolute Gasteiger partial charge is 0.303 e. The van der Waals surface area contributed by atoms with Crippen LogP contribution >= 0.6 is 7.82 Å². The zero-order valence-electron chi connectivity index (χ0n) is 18.4. The van der Waals surface area contributed by atoms with Crippen molar-refractivity contribution >= 4 is 30.8 Å². The molecule has 1 aliphatic heterocycles. The van der Waals surface area contributed by atoms with Crippen LogP contribution in [0.1, 0.15) is 40.8 Å². The number of imidazole rings is 1. The summed E-state index contributed by atoms with van der Waals surface area (Å²) < 4.78 is 41.0. The van der Waals surface area contributed by atoms with Crippen molar-refractivity contribution in [1.29, 1.82) is 0 Å². The van der Waals surface area contributed by atoms with E-state index in [2.05, 4.69) is 15.0 Å². The molecule has 178 valence electrons. The van der Waals surface area contributed by atoms with Crippen LogP contribution in [0, 0.1) is 0 Å². The number of anilines is 1. The first kappa shape index (κ1) is 24.5. The molecule has 1 aliphatic rings. The van der Waals surface area contributed by atoms with Gasteiger partial charge in [0.25, 0.3) is 7.82 Å². The Bertz CT molecular complexity index is 999. The van der Waals surface area contributed by atoms with Crippen LogP contribution in [0.15, 0.2) is 12.7 Å². The van der Waals surface area contributed by atoms with Gasteiger partial charge in [0.15, 0.2) is 23.8 Å². The molecule has 0 bridgehead atoms. The Morgan fingerprint density at radius 1 is 1.25 bits per heavy atom. The fraction of sp³-hybridized carbons (Fsp3) is 0.667. The highest BCUT2D eigenvalue weighted by atomic mass is 31.2. The van der Waals surface area contributed by atoms with Crippen molar-refractivity contribution in [3.8, 4) is 0 Å². The standard InChI is InChI=1S/C18H28N5O8P/c1-9(2)28-14-12(6-27-32(25,26)31-10(3)4)30-18(15(14)29-11(5)24)23-8-22-13-16(19)20-7-21-17(13)23/h7-10,12,14-15,18H,6H2,1-5H3,(H,25,26)(H2,19,20,21)/p-1/t12-,14?,15+,18-/m1/s1. The van der Waals surface area contributed by atoms with Gasteiger partial charge in [-0.05, 0) is 27.7 Å². The summed E-state index contributed by atoms with van der Waals surface area (Å²) in [5, 5.41) is 0. The van der Waals surface area contributed by atoms with E-state index in [4.69, 9.17) is 29.0 Å². The highest BCUT2D eigenvalue weighted by Gasteiger charge is 2.50. The SMILES string of the molecule is CC(=O)O[C@H]1C(OC(C)C)[C@@H](COP(=O)([O-])OC(C)C)O[C@H]1n1cnc2c(N)ncnc21. The van der Waals surface area contributed by atoms with Gasteiger partial charge in [0, 0.05) is 6.92 Å². The Morgan fingerprint density at radius 2 is 1.97 bits per heavy atom. The summed E-state index contributed by atoms with van der Waals surface area (Å²) >= 11 is 0. The van der Waals surface area contributed by atoms with Gasteiger partial charge in [-0.3, -0.25) is 13.9 Å². The number of nitrogens with zero attached hydrogens (tertiary/aromatic N) is 4. The summed E-state index contributed by atoms with van der Waals surface area (Å²) in [5.41, 5.74) is 6.55. The Labute approximate surface area is 184 Å². The van der Waals surface area contributed by atoms with E-state index in [-0.39, 0.29) is 11.9 Å². The van der Waals surface area contributed by atoms with Crippen LogP contribution in [0.5, 0.6) is 0 Å². The summed E-state index contributed by atoms with van der Waals surface area (Å²) in [6, 6.07) is 0. The molecule has 5 atom stereocenters. The summed E-state index contributed by atoms with van der Waals surface area (Å²) in [6.45, 7) is 7.54. The maximum absolute atomic E-state index is 12.1. The predicted molar refractivity (Wildman–Crippen MR) is 109 cm³/mol. The molecule has 0 aliphatic carbocycles. The van der Waals surface area contributed by atoms with Crippen molar-refractivity contribution in [2.75, 3.05) is 12.3 Å². The van der Waals surface area contributed by atoms with E-state index < -0.39 is 51.0 Å². The molecule has 0 amide bonds. The second-order valence-corrected chi connectivity index (χ2v) is 9.13. The van der Waals surface area contributed by atoms with Gasteiger partial charge in [-0.1, -0.05) is 0 Å². The van der Waals surface area contributed by atoms with Crippen LogP contribution in [0.25, 0.3) is 11.2 Å². The fourth-order valence-corrected chi connectivity index (χ4v) is 4.28. The van der Waals surface area contributed by atoms with Crippen molar-refractivity contribution < 1.29 is 37.5 Å². The average Bonchev–Trinajstić information content (AvgIpc) is 3.22. The number of phosphoric acid groups is 1. The second-order valence-electron chi connectivity index (χ2n) is 7.77. The number of nitrogen functional groups attached to an aromatic ring is 1. The van der Waals surface area contributed by atoms with Gasteiger partial charge in [0.1, 0.15) is 24.1 Å². The molecular weight excluding hydrogens is 445 g/mol. The van der Waals surface area contributed by atoms with Crippen LogP contribution in [-0.2, 0) is 32.6 Å². The normalized spacial score (nSPS) is 25.5. The van der Waals surface area contributed by atoms with E-state index in [1.807, 2.05) is 0 Å².